The summed E-state index contributed by atoms with van der Waals surface area (Å²) in [5, 5.41) is 3.43. The molecule has 0 saturated carbocycles. The van der Waals surface area contributed by atoms with E-state index in [9.17, 15) is 0 Å². The molecule has 1 atom stereocenters. The average molecular weight is 245 g/mol. The normalized spacial score (nSPS) is 16.0. The summed E-state index contributed by atoms with van der Waals surface area (Å²) in [6.07, 6.45) is 7.76. The number of nitrogens with one attached hydrogen (secondary N) is 1. The van der Waals surface area contributed by atoms with Gasteiger partial charge >= 0.3 is 0 Å². The van der Waals surface area contributed by atoms with Crippen LogP contribution >= 0.6 is 0 Å². The van der Waals surface area contributed by atoms with E-state index in [4.69, 9.17) is 0 Å². The molecule has 1 aliphatic rings. The van der Waals surface area contributed by atoms with Gasteiger partial charge in [-0.1, -0.05) is 32.0 Å². The Morgan fingerprint density at radius 1 is 1.17 bits per heavy atom. The number of fused-ring (bicyclic) bond motifs is 1. The van der Waals surface area contributed by atoms with Crippen molar-refractivity contribution in [3.63, 3.8) is 0 Å². The third-order valence-electron chi connectivity index (χ3n) is 4.32. The van der Waals surface area contributed by atoms with Gasteiger partial charge < -0.3 is 5.32 Å². The number of rotatable bonds is 6. The van der Waals surface area contributed by atoms with Crippen LogP contribution in [0.15, 0.2) is 18.2 Å². The van der Waals surface area contributed by atoms with Crippen LogP contribution in [0.25, 0.3) is 0 Å². The molecule has 1 N–H and O–H groups in total. The smallest absolute Gasteiger partial charge is 0.00871 e. The van der Waals surface area contributed by atoms with Gasteiger partial charge in [0.15, 0.2) is 0 Å². The van der Waals surface area contributed by atoms with E-state index in [2.05, 4.69) is 44.4 Å². The molecule has 1 aromatic carbocycles. The summed E-state index contributed by atoms with van der Waals surface area (Å²) in [7, 11) is 2.08. The molecule has 0 aliphatic heterocycles. The average Bonchev–Trinajstić information content (AvgIpc) is 2.81. The first kappa shape index (κ1) is 13.6. The molecule has 0 spiro atoms. The van der Waals surface area contributed by atoms with Crippen LogP contribution in [0.2, 0.25) is 0 Å². The predicted octanol–water partition coefficient (Wildman–Crippen LogP) is 3.74. The van der Waals surface area contributed by atoms with Gasteiger partial charge in [0.2, 0.25) is 0 Å². The van der Waals surface area contributed by atoms with Crippen LogP contribution in [0, 0.1) is 5.92 Å². The molecule has 0 radical (unpaired) electrons. The number of aryl methyl sites for hydroxylation is 3. The maximum Gasteiger partial charge on any atom is 0.00871 e. The highest BCUT2D eigenvalue weighted by atomic mass is 14.9. The van der Waals surface area contributed by atoms with Crippen molar-refractivity contribution in [1.82, 2.24) is 5.32 Å². The second kappa shape index (κ2) is 6.38. The number of benzene rings is 1. The molecule has 1 unspecified atom stereocenters. The van der Waals surface area contributed by atoms with E-state index in [1.807, 2.05) is 0 Å². The molecule has 1 aromatic rings. The molecular weight excluding hydrogens is 218 g/mol. The Balaban J connectivity index is 1.83. The fourth-order valence-corrected chi connectivity index (χ4v) is 3.12. The van der Waals surface area contributed by atoms with Crippen LogP contribution < -0.4 is 5.32 Å². The van der Waals surface area contributed by atoms with Crippen molar-refractivity contribution in [3.8, 4) is 0 Å². The summed E-state index contributed by atoms with van der Waals surface area (Å²) >= 11 is 0. The monoisotopic (exact) mass is 245 g/mol. The van der Waals surface area contributed by atoms with E-state index in [0.29, 0.717) is 6.04 Å². The zero-order valence-electron chi connectivity index (χ0n) is 12.1. The molecule has 0 aromatic heterocycles. The van der Waals surface area contributed by atoms with Crippen LogP contribution in [-0.2, 0) is 19.3 Å². The van der Waals surface area contributed by atoms with Crippen molar-refractivity contribution < 1.29 is 0 Å². The molecule has 0 heterocycles. The van der Waals surface area contributed by atoms with Crippen LogP contribution in [0.5, 0.6) is 0 Å². The van der Waals surface area contributed by atoms with Gasteiger partial charge in [0.1, 0.15) is 0 Å². The van der Waals surface area contributed by atoms with Crippen molar-refractivity contribution in [1.29, 1.82) is 0 Å². The topological polar surface area (TPSA) is 12.0 Å². The summed E-state index contributed by atoms with van der Waals surface area (Å²) in [4.78, 5) is 0. The van der Waals surface area contributed by atoms with Crippen molar-refractivity contribution >= 4 is 0 Å². The highest BCUT2D eigenvalue weighted by Crippen LogP contribution is 2.23. The van der Waals surface area contributed by atoms with Gasteiger partial charge in [-0.25, -0.2) is 0 Å². The predicted molar refractivity (Wildman–Crippen MR) is 79.1 cm³/mol. The number of hydrogen-bond donors (Lipinski definition) is 1. The Hall–Kier alpha value is -0.820. The van der Waals surface area contributed by atoms with Gasteiger partial charge in [-0.3, -0.25) is 0 Å². The molecule has 0 saturated heterocycles. The highest BCUT2D eigenvalue weighted by Gasteiger charge is 2.12. The minimum absolute atomic E-state index is 0.666. The number of hydrogen-bond acceptors (Lipinski definition) is 1. The van der Waals surface area contributed by atoms with E-state index in [-0.39, 0.29) is 0 Å². The fourth-order valence-electron chi connectivity index (χ4n) is 3.12. The summed E-state index contributed by atoms with van der Waals surface area (Å²) in [6, 6.07) is 7.81. The molecule has 18 heavy (non-hydrogen) atoms. The van der Waals surface area contributed by atoms with E-state index in [1.54, 1.807) is 11.1 Å². The standard InChI is InChI=1S/C17H27N/c1-13(2)17(18-3)9-4-6-14-10-11-15-7-5-8-16(15)12-14/h10-13,17-18H,4-9H2,1-3H3. The van der Waals surface area contributed by atoms with E-state index in [1.165, 1.54) is 44.1 Å². The highest BCUT2D eigenvalue weighted by molar-refractivity contribution is 5.35. The quantitative estimate of drug-likeness (QED) is 0.805. The van der Waals surface area contributed by atoms with Crippen LogP contribution in [-0.4, -0.2) is 13.1 Å². The molecule has 0 amide bonds. The molecule has 2 rings (SSSR count). The van der Waals surface area contributed by atoms with Crippen LogP contribution in [0.4, 0.5) is 0 Å². The van der Waals surface area contributed by atoms with Gasteiger partial charge in [0, 0.05) is 6.04 Å². The Morgan fingerprint density at radius 3 is 2.67 bits per heavy atom. The van der Waals surface area contributed by atoms with Crippen LogP contribution in [0.1, 0.15) is 49.8 Å². The zero-order valence-corrected chi connectivity index (χ0v) is 12.1. The third-order valence-corrected chi connectivity index (χ3v) is 4.32. The zero-order chi connectivity index (χ0) is 13.0. The first-order chi connectivity index (χ1) is 8.70. The molecule has 0 fully saturated rings. The maximum atomic E-state index is 3.43. The van der Waals surface area contributed by atoms with E-state index >= 15 is 0 Å². The molecule has 1 heteroatoms. The van der Waals surface area contributed by atoms with Crippen molar-refractivity contribution in [2.45, 2.75) is 58.4 Å². The minimum atomic E-state index is 0.666. The summed E-state index contributed by atoms with van der Waals surface area (Å²) < 4.78 is 0. The Labute approximate surface area is 112 Å². The minimum Gasteiger partial charge on any atom is -0.317 e. The lowest BCUT2D eigenvalue weighted by atomic mass is 9.96. The third kappa shape index (κ3) is 3.35. The second-order valence-corrected chi connectivity index (χ2v) is 5.99. The molecule has 0 bridgehead atoms. The SMILES string of the molecule is CNC(CCCc1ccc2c(c1)CCC2)C(C)C. The lowest BCUT2D eigenvalue weighted by Gasteiger charge is -2.19. The summed E-state index contributed by atoms with van der Waals surface area (Å²) in [6.45, 7) is 4.60. The summed E-state index contributed by atoms with van der Waals surface area (Å²) in [5.74, 6) is 0.732. The van der Waals surface area contributed by atoms with Crippen LogP contribution in [0.3, 0.4) is 0 Å². The Kier molecular flexibility index (Phi) is 4.82. The van der Waals surface area contributed by atoms with Crippen molar-refractivity contribution in [2.75, 3.05) is 7.05 Å². The second-order valence-electron chi connectivity index (χ2n) is 5.99. The van der Waals surface area contributed by atoms with Gasteiger partial charge in [-0.05, 0) is 68.2 Å². The van der Waals surface area contributed by atoms with E-state index in [0.717, 1.165) is 5.92 Å². The Bertz CT molecular complexity index is 381. The molecular formula is C17H27N. The van der Waals surface area contributed by atoms with Gasteiger partial charge in [-0.2, -0.15) is 0 Å². The molecule has 1 aliphatic carbocycles. The first-order valence-corrected chi connectivity index (χ1v) is 7.48. The van der Waals surface area contributed by atoms with Gasteiger partial charge in [0.05, 0.1) is 0 Å². The van der Waals surface area contributed by atoms with Gasteiger partial charge in [-0.15, -0.1) is 0 Å². The molecule has 1 nitrogen and oxygen atoms in total. The molecule has 100 valence electrons. The summed E-state index contributed by atoms with van der Waals surface area (Å²) in [5.41, 5.74) is 4.74. The largest absolute Gasteiger partial charge is 0.317 e. The fraction of sp³-hybridized carbons (Fsp3) is 0.647. The lowest BCUT2D eigenvalue weighted by molar-refractivity contribution is 0.393. The van der Waals surface area contributed by atoms with Crippen molar-refractivity contribution in [3.05, 3.63) is 34.9 Å². The lowest BCUT2D eigenvalue weighted by Crippen LogP contribution is -2.30. The van der Waals surface area contributed by atoms with Gasteiger partial charge in [0.25, 0.3) is 0 Å². The van der Waals surface area contributed by atoms with E-state index < -0.39 is 0 Å². The first-order valence-electron chi connectivity index (χ1n) is 7.48. The maximum absolute atomic E-state index is 3.43. The van der Waals surface area contributed by atoms with Crippen molar-refractivity contribution in [2.24, 2.45) is 5.92 Å². The Morgan fingerprint density at radius 2 is 1.94 bits per heavy atom.